The van der Waals surface area contributed by atoms with Crippen molar-refractivity contribution in [3.63, 3.8) is 0 Å². The number of urea groups is 1. The molecule has 2 aromatic carbocycles. The summed E-state index contributed by atoms with van der Waals surface area (Å²) in [6.07, 6.45) is 2.06. The third-order valence-electron chi connectivity index (χ3n) is 4.55. The minimum absolute atomic E-state index is 0.202. The third kappa shape index (κ3) is 4.33. The second-order valence-corrected chi connectivity index (χ2v) is 6.68. The van der Waals surface area contributed by atoms with Crippen LogP contribution in [0.1, 0.15) is 27.9 Å². The Kier molecular flexibility index (Phi) is 5.42. The number of anilines is 1. The van der Waals surface area contributed by atoms with Crippen molar-refractivity contribution in [2.24, 2.45) is 0 Å². The van der Waals surface area contributed by atoms with Crippen LogP contribution >= 0.6 is 0 Å². The van der Waals surface area contributed by atoms with Gasteiger partial charge in [0, 0.05) is 24.1 Å². The van der Waals surface area contributed by atoms with Crippen LogP contribution in [0, 0.1) is 20.8 Å². The zero-order valence-electron chi connectivity index (χ0n) is 15.5. The Morgan fingerprint density at radius 2 is 1.65 bits per heavy atom. The maximum atomic E-state index is 12.1. The number of hydrogen-bond donors (Lipinski definition) is 2. The Morgan fingerprint density at radius 3 is 2.35 bits per heavy atom. The number of amides is 2. The highest BCUT2D eigenvalue weighted by Crippen LogP contribution is 2.19. The van der Waals surface area contributed by atoms with Gasteiger partial charge in [-0.05, 0) is 61.7 Å². The molecule has 1 aromatic heterocycles. The van der Waals surface area contributed by atoms with Crippen LogP contribution in [0.15, 0.2) is 60.8 Å². The van der Waals surface area contributed by atoms with Crippen molar-refractivity contribution < 1.29 is 4.79 Å². The fraction of sp³-hybridized carbons (Fsp3) is 0.227. The van der Waals surface area contributed by atoms with Crippen LogP contribution in [0.25, 0.3) is 0 Å². The van der Waals surface area contributed by atoms with Gasteiger partial charge in [0.25, 0.3) is 0 Å². The van der Waals surface area contributed by atoms with E-state index in [0.717, 1.165) is 17.9 Å². The van der Waals surface area contributed by atoms with Gasteiger partial charge in [-0.2, -0.15) is 0 Å². The maximum Gasteiger partial charge on any atom is 0.319 e. The lowest BCUT2D eigenvalue weighted by Crippen LogP contribution is -2.29. The van der Waals surface area contributed by atoms with Crippen LogP contribution < -0.4 is 10.6 Å². The summed E-state index contributed by atoms with van der Waals surface area (Å²) in [6, 6.07) is 17.7. The number of para-hydroxylation sites is 1. The number of benzene rings is 2. The molecule has 134 valence electrons. The summed E-state index contributed by atoms with van der Waals surface area (Å²) >= 11 is 0. The molecule has 0 spiro atoms. The minimum Gasteiger partial charge on any atom is -0.345 e. The molecule has 0 saturated heterocycles. The highest BCUT2D eigenvalue weighted by molar-refractivity contribution is 5.89. The van der Waals surface area contributed by atoms with E-state index in [-0.39, 0.29) is 6.03 Å². The van der Waals surface area contributed by atoms with E-state index in [4.69, 9.17) is 0 Å². The fourth-order valence-corrected chi connectivity index (χ4v) is 3.26. The van der Waals surface area contributed by atoms with Gasteiger partial charge in [0.15, 0.2) is 0 Å². The number of nitrogens with one attached hydrogen (secondary N) is 2. The van der Waals surface area contributed by atoms with Crippen molar-refractivity contribution in [2.45, 2.75) is 33.9 Å². The molecule has 4 nitrogen and oxygen atoms in total. The van der Waals surface area contributed by atoms with Gasteiger partial charge in [0.1, 0.15) is 0 Å². The van der Waals surface area contributed by atoms with Gasteiger partial charge in [0.05, 0.1) is 6.54 Å². The number of aromatic nitrogens is 1. The van der Waals surface area contributed by atoms with Gasteiger partial charge in [0.2, 0.25) is 0 Å². The average molecular weight is 347 g/mol. The number of rotatable bonds is 5. The monoisotopic (exact) mass is 347 g/mol. The first kappa shape index (κ1) is 17.8. The van der Waals surface area contributed by atoms with Crippen LogP contribution in [0.3, 0.4) is 0 Å². The van der Waals surface area contributed by atoms with E-state index in [9.17, 15) is 4.79 Å². The molecule has 2 N–H and O–H groups in total. The molecular formula is C22H25N3O. The van der Waals surface area contributed by atoms with Crippen molar-refractivity contribution in [1.29, 1.82) is 0 Å². The Bertz CT molecular complexity index is 874. The summed E-state index contributed by atoms with van der Waals surface area (Å²) in [5.74, 6) is 0. The lowest BCUT2D eigenvalue weighted by atomic mass is 10.00. The number of carbonyl (C=O) groups is 1. The summed E-state index contributed by atoms with van der Waals surface area (Å²) in [5, 5.41) is 5.77. The molecule has 0 saturated carbocycles. The first-order chi connectivity index (χ1) is 12.5. The molecule has 2 amide bonds. The van der Waals surface area contributed by atoms with Gasteiger partial charge in [-0.1, -0.05) is 35.9 Å². The molecule has 0 unspecified atom stereocenters. The number of aryl methyl sites for hydroxylation is 3. The van der Waals surface area contributed by atoms with Gasteiger partial charge in [-0.15, -0.1) is 0 Å². The number of nitrogens with zero attached hydrogens (tertiary/aromatic N) is 1. The Balaban J connectivity index is 1.65. The lowest BCUT2D eigenvalue weighted by Gasteiger charge is -2.15. The smallest absolute Gasteiger partial charge is 0.319 e. The minimum atomic E-state index is -0.202. The third-order valence-corrected chi connectivity index (χ3v) is 4.55. The number of carbonyl (C=O) groups excluding carboxylic acids is 1. The molecular weight excluding hydrogens is 322 g/mol. The van der Waals surface area contributed by atoms with E-state index >= 15 is 0 Å². The Labute approximate surface area is 154 Å². The molecule has 1 heterocycles. The quantitative estimate of drug-likeness (QED) is 0.685. The van der Waals surface area contributed by atoms with Crippen LogP contribution in [0.5, 0.6) is 0 Å². The Hall–Kier alpha value is -3.01. The van der Waals surface area contributed by atoms with Crippen LogP contribution in [0.4, 0.5) is 10.5 Å². The van der Waals surface area contributed by atoms with Crippen molar-refractivity contribution in [3.8, 4) is 0 Å². The highest BCUT2D eigenvalue weighted by Gasteiger charge is 2.09. The maximum absolute atomic E-state index is 12.1. The molecule has 0 fully saturated rings. The van der Waals surface area contributed by atoms with Gasteiger partial charge < -0.3 is 15.2 Å². The topological polar surface area (TPSA) is 46.1 Å². The van der Waals surface area contributed by atoms with Gasteiger partial charge in [-0.3, -0.25) is 0 Å². The van der Waals surface area contributed by atoms with Gasteiger partial charge in [-0.25, -0.2) is 4.79 Å². The largest absolute Gasteiger partial charge is 0.345 e. The molecule has 0 atom stereocenters. The lowest BCUT2D eigenvalue weighted by molar-refractivity contribution is 0.251. The molecule has 4 heteroatoms. The molecule has 0 bridgehead atoms. The zero-order chi connectivity index (χ0) is 18.5. The van der Waals surface area contributed by atoms with Crippen LogP contribution in [-0.2, 0) is 13.1 Å². The Morgan fingerprint density at radius 1 is 0.962 bits per heavy atom. The summed E-state index contributed by atoms with van der Waals surface area (Å²) in [5.41, 5.74) is 7.09. The van der Waals surface area contributed by atoms with Crippen molar-refractivity contribution in [3.05, 3.63) is 88.7 Å². The molecule has 0 aliphatic carbocycles. The number of hydrogen-bond acceptors (Lipinski definition) is 1. The summed E-state index contributed by atoms with van der Waals surface area (Å²) in [6.45, 7) is 7.73. The summed E-state index contributed by atoms with van der Waals surface area (Å²) in [4.78, 5) is 12.1. The summed E-state index contributed by atoms with van der Waals surface area (Å²) in [7, 11) is 0. The first-order valence-corrected chi connectivity index (χ1v) is 8.83. The predicted octanol–water partition coefficient (Wildman–Crippen LogP) is 4.78. The average Bonchev–Trinajstić information content (AvgIpc) is 3.04. The summed E-state index contributed by atoms with van der Waals surface area (Å²) < 4.78 is 2.19. The van der Waals surface area contributed by atoms with E-state index < -0.39 is 0 Å². The van der Waals surface area contributed by atoms with E-state index in [1.807, 2.05) is 42.5 Å². The van der Waals surface area contributed by atoms with Gasteiger partial charge >= 0.3 is 6.03 Å². The van der Waals surface area contributed by atoms with E-state index in [1.54, 1.807) is 0 Å². The molecule has 0 aliphatic heterocycles. The van der Waals surface area contributed by atoms with E-state index in [0.29, 0.717) is 6.54 Å². The SMILES string of the molecule is Cc1cc(C)c(Cn2cccc2CNC(=O)Nc2ccccc2)c(C)c1. The van der Waals surface area contributed by atoms with Crippen LogP contribution in [-0.4, -0.2) is 10.6 Å². The molecule has 3 aromatic rings. The van der Waals surface area contributed by atoms with Crippen molar-refractivity contribution in [1.82, 2.24) is 9.88 Å². The highest BCUT2D eigenvalue weighted by atomic mass is 16.2. The van der Waals surface area contributed by atoms with Crippen molar-refractivity contribution in [2.75, 3.05) is 5.32 Å². The predicted molar refractivity (Wildman–Crippen MR) is 106 cm³/mol. The molecule has 0 radical (unpaired) electrons. The molecule has 0 aliphatic rings. The standard InChI is InChI=1S/C22H25N3O/c1-16-12-17(2)21(18(3)13-16)15-25-11-7-10-20(25)14-23-22(26)24-19-8-5-4-6-9-19/h4-13H,14-15H2,1-3H3,(H2,23,24,26). The second kappa shape index (κ2) is 7.91. The first-order valence-electron chi connectivity index (χ1n) is 8.83. The molecule has 3 rings (SSSR count). The van der Waals surface area contributed by atoms with E-state index in [1.165, 1.54) is 22.3 Å². The van der Waals surface area contributed by atoms with Crippen molar-refractivity contribution >= 4 is 11.7 Å². The second-order valence-electron chi connectivity index (χ2n) is 6.68. The molecule has 26 heavy (non-hydrogen) atoms. The zero-order valence-corrected chi connectivity index (χ0v) is 15.5. The van der Waals surface area contributed by atoms with Crippen LogP contribution in [0.2, 0.25) is 0 Å². The normalized spacial score (nSPS) is 10.6. The van der Waals surface area contributed by atoms with E-state index in [2.05, 4.69) is 54.3 Å². The fourth-order valence-electron chi connectivity index (χ4n) is 3.26.